The standard InChI is InChI=1S/C16H21NO3/c1-11-7-12(9-13(17)8-11)15(18)20-14-3-6-19-16(10-14)4-2-5-16/h7-9,14H,2-6,10,17H2,1H3. The number of benzene rings is 1. The molecule has 4 heteroatoms. The second kappa shape index (κ2) is 5.09. The van der Waals surface area contributed by atoms with Crippen LogP contribution in [0.25, 0.3) is 0 Å². The first kappa shape index (κ1) is 13.4. The van der Waals surface area contributed by atoms with Gasteiger partial charge in [-0.2, -0.15) is 0 Å². The predicted molar refractivity (Wildman–Crippen MR) is 76.6 cm³/mol. The third-order valence-corrected chi connectivity index (χ3v) is 4.32. The fourth-order valence-corrected chi connectivity index (χ4v) is 3.15. The lowest BCUT2D eigenvalue weighted by Gasteiger charge is -2.46. The van der Waals surface area contributed by atoms with E-state index in [1.807, 2.05) is 19.1 Å². The van der Waals surface area contributed by atoms with Crippen molar-refractivity contribution >= 4 is 11.7 Å². The number of nitrogens with two attached hydrogens (primary N) is 1. The molecule has 1 spiro atoms. The third-order valence-electron chi connectivity index (χ3n) is 4.32. The van der Waals surface area contributed by atoms with Crippen molar-refractivity contribution in [2.75, 3.05) is 12.3 Å². The number of ether oxygens (including phenoxy) is 2. The Hall–Kier alpha value is -1.55. The molecule has 0 aromatic heterocycles. The van der Waals surface area contributed by atoms with E-state index >= 15 is 0 Å². The van der Waals surface area contributed by atoms with Gasteiger partial charge < -0.3 is 15.2 Å². The van der Waals surface area contributed by atoms with E-state index in [1.165, 1.54) is 6.42 Å². The zero-order valence-corrected chi connectivity index (χ0v) is 11.9. The van der Waals surface area contributed by atoms with Crippen LogP contribution in [0.4, 0.5) is 5.69 Å². The average molecular weight is 275 g/mol. The highest BCUT2D eigenvalue weighted by atomic mass is 16.6. The molecule has 1 aliphatic heterocycles. The van der Waals surface area contributed by atoms with Gasteiger partial charge in [-0.1, -0.05) is 0 Å². The largest absolute Gasteiger partial charge is 0.459 e. The molecule has 2 aliphatic rings. The highest BCUT2D eigenvalue weighted by Gasteiger charge is 2.43. The Balaban J connectivity index is 1.66. The summed E-state index contributed by atoms with van der Waals surface area (Å²) in [4.78, 5) is 12.2. The van der Waals surface area contributed by atoms with Gasteiger partial charge in [-0.15, -0.1) is 0 Å². The number of carbonyl (C=O) groups is 1. The normalized spacial score (nSPS) is 24.1. The van der Waals surface area contributed by atoms with E-state index < -0.39 is 0 Å². The van der Waals surface area contributed by atoms with Crippen LogP contribution in [-0.4, -0.2) is 24.3 Å². The monoisotopic (exact) mass is 275 g/mol. The smallest absolute Gasteiger partial charge is 0.338 e. The van der Waals surface area contributed by atoms with Crippen molar-refractivity contribution in [1.29, 1.82) is 0 Å². The van der Waals surface area contributed by atoms with Crippen molar-refractivity contribution < 1.29 is 14.3 Å². The van der Waals surface area contributed by atoms with Gasteiger partial charge in [0.2, 0.25) is 0 Å². The first-order valence-corrected chi connectivity index (χ1v) is 7.28. The lowest BCUT2D eigenvalue weighted by Crippen LogP contribution is -2.48. The summed E-state index contributed by atoms with van der Waals surface area (Å²) < 4.78 is 11.5. The Bertz CT molecular complexity index is 502. The Kier molecular flexibility index (Phi) is 3.42. The van der Waals surface area contributed by atoms with Crippen LogP contribution in [0, 0.1) is 6.92 Å². The maximum absolute atomic E-state index is 12.2. The molecule has 1 heterocycles. The molecule has 3 rings (SSSR count). The van der Waals surface area contributed by atoms with E-state index in [0.717, 1.165) is 31.2 Å². The van der Waals surface area contributed by atoms with E-state index in [9.17, 15) is 4.79 Å². The van der Waals surface area contributed by atoms with Gasteiger partial charge in [0.15, 0.2) is 0 Å². The van der Waals surface area contributed by atoms with Crippen LogP contribution in [0.15, 0.2) is 18.2 Å². The summed E-state index contributed by atoms with van der Waals surface area (Å²) in [6.07, 6.45) is 5.00. The molecule has 0 bridgehead atoms. The predicted octanol–water partition coefficient (Wildman–Crippen LogP) is 2.84. The van der Waals surface area contributed by atoms with Gasteiger partial charge in [0.1, 0.15) is 6.10 Å². The van der Waals surface area contributed by atoms with E-state index in [2.05, 4.69) is 0 Å². The summed E-state index contributed by atoms with van der Waals surface area (Å²) in [7, 11) is 0. The summed E-state index contributed by atoms with van der Waals surface area (Å²) >= 11 is 0. The lowest BCUT2D eigenvalue weighted by atomic mass is 9.74. The molecular weight excluding hydrogens is 254 g/mol. The second-order valence-electron chi connectivity index (χ2n) is 6.04. The van der Waals surface area contributed by atoms with Crippen LogP contribution >= 0.6 is 0 Å². The average Bonchev–Trinajstić information content (AvgIpc) is 2.36. The molecule has 1 aromatic rings. The van der Waals surface area contributed by atoms with Crippen molar-refractivity contribution in [3.05, 3.63) is 29.3 Å². The molecule has 4 nitrogen and oxygen atoms in total. The third kappa shape index (κ3) is 2.66. The van der Waals surface area contributed by atoms with Crippen molar-refractivity contribution in [2.24, 2.45) is 0 Å². The number of hydrogen-bond donors (Lipinski definition) is 1. The number of rotatable bonds is 2. The molecule has 1 aliphatic carbocycles. The van der Waals surface area contributed by atoms with E-state index in [4.69, 9.17) is 15.2 Å². The molecule has 1 aromatic carbocycles. The molecule has 1 unspecified atom stereocenters. The number of nitrogen functional groups attached to an aromatic ring is 1. The number of esters is 1. The van der Waals surface area contributed by atoms with Crippen molar-refractivity contribution in [2.45, 2.75) is 50.7 Å². The maximum Gasteiger partial charge on any atom is 0.338 e. The van der Waals surface area contributed by atoms with Gasteiger partial charge in [-0.3, -0.25) is 0 Å². The lowest BCUT2D eigenvalue weighted by molar-refractivity contribution is -0.159. The molecule has 108 valence electrons. The van der Waals surface area contributed by atoms with Crippen LogP contribution in [0.2, 0.25) is 0 Å². The van der Waals surface area contributed by atoms with Crippen LogP contribution in [0.5, 0.6) is 0 Å². The second-order valence-corrected chi connectivity index (χ2v) is 6.04. The van der Waals surface area contributed by atoms with Crippen LogP contribution in [0.3, 0.4) is 0 Å². The Morgan fingerprint density at radius 1 is 1.40 bits per heavy atom. The summed E-state index contributed by atoms with van der Waals surface area (Å²) in [5.41, 5.74) is 7.88. The maximum atomic E-state index is 12.2. The number of carbonyl (C=O) groups excluding carboxylic acids is 1. The SMILES string of the molecule is Cc1cc(N)cc(C(=O)OC2CCOC3(CCC3)C2)c1. The molecule has 1 saturated carbocycles. The highest BCUT2D eigenvalue weighted by molar-refractivity contribution is 5.90. The van der Waals surface area contributed by atoms with E-state index in [1.54, 1.807) is 6.07 Å². The quantitative estimate of drug-likeness (QED) is 0.666. The Labute approximate surface area is 119 Å². The molecule has 0 radical (unpaired) electrons. The van der Waals surface area contributed by atoms with Crippen molar-refractivity contribution in [3.8, 4) is 0 Å². The number of anilines is 1. The zero-order chi connectivity index (χ0) is 14.2. The Morgan fingerprint density at radius 3 is 2.85 bits per heavy atom. The highest BCUT2D eigenvalue weighted by Crippen LogP contribution is 2.43. The zero-order valence-electron chi connectivity index (χ0n) is 11.9. The van der Waals surface area contributed by atoms with Gasteiger partial charge in [-0.05, 0) is 49.9 Å². The minimum Gasteiger partial charge on any atom is -0.459 e. The molecular formula is C16H21NO3. The first-order valence-electron chi connectivity index (χ1n) is 7.28. The van der Waals surface area contributed by atoms with Gasteiger partial charge >= 0.3 is 5.97 Å². The van der Waals surface area contributed by atoms with Crippen LogP contribution < -0.4 is 5.73 Å². The fraction of sp³-hybridized carbons (Fsp3) is 0.562. The van der Waals surface area contributed by atoms with E-state index in [-0.39, 0.29) is 17.7 Å². The van der Waals surface area contributed by atoms with Gasteiger partial charge in [0.25, 0.3) is 0 Å². The fourth-order valence-electron chi connectivity index (χ4n) is 3.15. The summed E-state index contributed by atoms with van der Waals surface area (Å²) in [5.74, 6) is -0.276. The minimum atomic E-state index is -0.276. The van der Waals surface area contributed by atoms with Crippen molar-refractivity contribution in [3.63, 3.8) is 0 Å². The molecule has 1 saturated heterocycles. The van der Waals surface area contributed by atoms with Gasteiger partial charge in [0, 0.05) is 18.5 Å². The van der Waals surface area contributed by atoms with E-state index in [0.29, 0.717) is 17.9 Å². The summed E-state index contributed by atoms with van der Waals surface area (Å²) in [6.45, 7) is 2.61. The molecule has 0 amide bonds. The summed E-state index contributed by atoms with van der Waals surface area (Å²) in [6, 6.07) is 5.33. The summed E-state index contributed by atoms with van der Waals surface area (Å²) in [5, 5.41) is 0. The number of hydrogen-bond acceptors (Lipinski definition) is 4. The molecule has 2 fully saturated rings. The van der Waals surface area contributed by atoms with Gasteiger partial charge in [0.05, 0.1) is 17.8 Å². The minimum absolute atomic E-state index is 0.00513. The molecule has 20 heavy (non-hydrogen) atoms. The van der Waals surface area contributed by atoms with Crippen molar-refractivity contribution in [1.82, 2.24) is 0 Å². The number of aryl methyl sites for hydroxylation is 1. The first-order chi connectivity index (χ1) is 9.56. The van der Waals surface area contributed by atoms with Crippen LogP contribution in [-0.2, 0) is 9.47 Å². The Morgan fingerprint density at radius 2 is 2.20 bits per heavy atom. The van der Waals surface area contributed by atoms with Gasteiger partial charge in [-0.25, -0.2) is 4.79 Å². The molecule has 2 N–H and O–H groups in total. The van der Waals surface area contributed by atoms with Crippen LogP contribution in [0.1, 0.15) is 48.0 Å². The molecule has 1 atom stereocenters. The topological polar surface area (TPSA) is 61.6 Å².